The van der Waals surface area contributed by atoms with Gasteiger partial charge in [0.25, 0.3) is 5.91 Å². The van der Waals surface area contributed by atoms with E-state index in [1.807, 2.05) is 42.6 Å². The van der Waals surface area contributed by atoms with Gasteiger partial charge in [0.05, 0.1) is 19.0 Å². The van der Waals surface area contributed by atoms with Crippen molar-refractivity contribution in [3.05, 3.63) is 65.7 Å². The molecule has 0 fully saturated rings. The fraction of sp³-hybridized carbons (Fsp3) is 0.263. The zero-order valence-corrected chi connectivity index (χ0v) is 14.7. The number of hydrogen-bond acceptors (Lipinski definition) is 3. The summed E-state index contributed by atoms with van der Waals surface area (Å²) in [5, 5.41) is 4.38. The molecular formula is C19H22N4O2. The Kier molecular flexibility index (Phi) is 4.88. The van der Waals surface area contributed by atoms with Crippen LogP contribution in [0.4, 0.5) is 0 Å². The van der Waals surface area contributed by atoms with Crippen molar-refractivity contribution in [1.82, 2.24) is 19.7 Å². The van der Waals surface area contributed by atoms with Crippen LogP contribution in [0.1, 0.15) is 28.7 Å². The molecule has 2 aromatic heterocycles. The molecule has 2 heterocycles. The highest BCUT2D eigenvalue weighted by molar-refractivity contribution is 5.92. The quantitative estimate of drug-likeness (QED) is 0.751. The molecular weight excluding hydrogens is 316 g/mol. The van der Waals surface area contributed by atoms with Crippen LogP contribution in [0.2, 0.25) is 0 Å². The lowest BCUT2D eigenvalue weighted by atomic mass is 10.3. The van der Waals surface area contributed by atoms with Crippen LogP contribution in [-0.2, 0) is 13.0 Å². The lowest BCUT2D eigenvalue weighted by molar-refractivity contribution is 0.0780. The van der Waals surface area contributed by atoms with Gasteiger partial charge in [-0.1, -0.05) is 13.0 Å². The van der Waals surface area contributed by atoms with Gasteiger partial charge in [-0.3, -0.25) is 4.79 Å². The third-order valence-corrected chi connectivity index (χ3v) is 4.08. The molecule has 1 aromatic carbocycles. The third-order valence-electron chi connectivity index (χ3n) is 4.08. The molecule has 0 aliphatic carbocycles. The Labute approximate surface area is 147 Å². The lowest BCUT2D eigenvalue weighted by Gasteiger charge is -2.15. The molecule has 0 aliphatic heterocycles. The Morgan fingerprint density at radius 1 is 1.32 bits per heavy atom. The van der Waals surface area contributed by atoms with Gasteiger partial charge in [-0.2, -0.15) is 5.10 Å². The second kappa shape index (κ2) is 7.25. The maximum absolute atomic E-state index is 12.5. The largest absolute Gasteiger partial charge is 0.497 e. The molecule has 0 aliphatic rings. The number of carbonyl (C=O) groups is 1. The van der Waals surface area contributed by atoms with Crippen molar-refractivity contribution >= 4 is 5.91 Å². The summed E-state index contributed by atoms with van der Waals surface area (Å²) in [4.78, 5) is 17.3. The summed E-state index contributed by atoms with van der Waals surface area (Å²) in [6.45, 7) is 2.54. The highest BCUT2D eigenvalue weighted by Crippen LogP contribution is 2.17. The van der Waals surface area contributed by atoms with E-state index in [9.17, 15) is 4.79 Å². The van der Waals surface area contributed by atoms with E-state index in [0.29, 0.717) is 12.2 Å². The number of aryl methyl sites for hydroxylation is 1. The fourth-order valence-electron chi connectivity index (χ4n) is 2.66. The van der Waals surface area contributed by atoms with E-state index in [1.165, 1.54) is 0 Å². The van der Waals surface area contributed by atoms with Gasteiger partial charge in [-0.15, -0.1) is 0 Å². The molecule has 3 aromatic rings. The number of aromatic amines is 1. The Balaban J connectivity index is 1.71. The van der Waals surface area contributed by atoms with Crippen molar-refractivity contribution in [2.24, 2.45) is 0 Å². The number of H-pyrrole nitrogens is 1. The van der Waals surface area contributed by atoms with Crippen LogP contribution in [0.25, 0.3) is 5.69 Å². The number of carbonyl (C=O) groups excluding carboxylic acids is 1. The molecule has 0 atom stereocenters. The van der Waals surface area contributed by atoms with Crippen LogP contribution in [0.15, 0.2) is 48.8 Å². The molecule has 0 spiro atoms. The summed E-state index contributed by atoms with van der Waals surface area (Å²) >= 11 is 0. The van der Waals surface area contributed by atoms with Crippen molar-refractivity contribution in [3.8, 4) is 11.4 Å². The topological polar surface area (TPSA) is 63.1 Å². The summed E-state index contributed by atoms with van der Waals surface area (Å²) in [7, 11) is 3.43. The second-order valence-corrected chi connectivity index (χ2v) is 5.91. The van der Waals surface area contributed by atoms with Gasteiger partial charge in [-0.25, -0.2) is 4.68 Å². The van der Waals surface area contributed by atoms with Crippen LogP contribution in [0.3, 0.4) is 0 Å². The molecule has 6 heteroatoms. The number of amides is 1. The van der Waals surface area contributed by atoms with E-state index in [-0.39, 0.29) is 5.91 Å². The SMILES string of the molecule is CCc1ccc(C(=O)N(C)Cc2cnn(-c3cccc(OC)c3)c2)[nH]1. The summed E-state index contributed by atoms with van der Waals surface area (Å²) in [6.07, 6.45) is 4.57. The number of aromatic nitrogens is 3. The average Bonchev–Trinajstić information content (AvgIpc) is 3.30. The fourth-order valence-corrected chi connectivity index (χ4v) is 2.66. The summed E-state index contributed by atoms with van der Waals surface area (Å²) in [5.74, 6) is 0.745. The molecule has 1 amide bonds. The van der Waals surface area contributed by atoms with Crippen molar-refractivity contribution in [3.63, 3.8) is 0 Å². The van der Waals surface area contributed by atoms with Crippen molar-refractivity contribution in [1.29, 1.82) is 0 Å². The van der Waals surface area contributed by atoms with Gasteiger partial charge in [0.1, 0.15) is 11.4 Å². The van der Waals surface area contributed by atoms with E-state index >= 15 is 0 Å². The number of methoxy groups -OCH3 is 1. The van der Waals surface area contributed by atoms with Crippen molar-refractivity contribution in [2.45, 2.75) is 19.9 Å². The number of rotatable bonds is 6. The molecule has 6 nitrogen and oxygen atoms in total. The van der Waals surface area contributed by atoms with Gasteiger partial charge < -0.3 is 14.6 Å². The van der Waals surface area contributed by atoms with Gasteiger partial charge in [0.15, 0.2) is 0 Å². The predicted octanol–water partition coefficient (Wildman–Crippen LogP) is 3.04. The van der Waals surface area contributed by atoms with Crippen LogP contribution in [-0.4, -0.2) is 39.7 Å². The molecule has 1 N–H and O–H groups in total. The number of nitrogens with one attached hydrogen (secondary N) is 1. The minimum atomic E-state index is -0.0335. The highest BCUT2D eigenvalue weighted by Gasteiger charge is 2.14. The Bertz CT molecular complexity index is 866. The zero-order valence-electron chi connectivity index (χ0n) is 14.7. The summed E-state index contributed by atoms with van der Waals surface area (Å²) < 4.78 is 7.02. The Morgan fingerprint density at radius 2 is 2.16 bits per heavy atom. The first-order valence-electron chi connectivity index (χ1n) is 8.22. The molecule has 25 heavy (non-hydrogen) atoms. The smallest absolute Gasteiger partial charge is 0.270 e. The van der Waals surface area contributed by atoms with Crippen LogP contribution < -0.4 is 4.74 Å². The van der Waals surface area contributed by atoms with Gasteiger partial charge in [-0.05, 0) is 30.7 Å². The maximum Gasteiger partial charge on any atom is 0.270 e. The molecule has 0 saturated carbocycles. The van der Waals surface area contributed by atoms with E-state index in [2.05, 4.69) is 17.0 Å². The minimum Gasteiger partial charge on any atom is -0.497 e. The number of benzene rings is 1. The normalized spacial score (nSPS) is 10.7. The molecule has 0 bridgehead atoms. The molecule has 0 radical (unpaired) electrons. The summed E-state index contributed by atoms with van der Waals surface area (Å²) in [5.41, 5.74) is 3.54. The van der Waals surface area contributed by atoms with Gasteiger partial charge in [0.2, 0.25) is 0 Å². The molecule has 3 rings (SSSR count). The van der Waals surface area contributed by atoms with Crippen LogP contribution in [0.5, 0.6) is 5.75 Å². The molecule has 0 saturated heterocycles. The predicted molar refractivity (Wildman–Crippen MR) is 96.1 cm³/mol. The van der Waals surface area contributed by atoms with Gasteiger partial charge >= 0.3 is 0 Å². The standard InChI is InChI=1S/C19H22N4O2/c1-4-15-8-9-18(21-15)19(24)22(2)12-14-11-20-23(13-14)16-6-5-7-17(10-16)25-3/h5-11,13,21H,4,12H2,1-3H3. The van der Waals surface area contributed by atoms with E-state index in [0.717, 1.165) is 29.1 Å². The lowest BCUT2D eigenvalue weighted by Crippen LogP contribution is -2.26. The van der Waals surface area contributed by atoms with Crippen LogP contribution in [0, 0.1) is 0 Å². The molecule has 130 valence electrons. The number of ether oxygens (including phenoxy) is 1. The van der Waals surface area contributed by atoms with E-state index < -0.39 is 0 Å². The first-order chi connectivity index (χ1) is 12.1. The van der Waals surface area contributed by atoms with Crippen molar-refractivity contribution in [2.75, 3.05) is 14.2 Å². The molecule has 0 unspecified atom stereocenters. The highest BCUT2D eigenvalue weighted by atomic mass is 16.5. The first kappa shape index (κ1) is 16.8. The first-order valence-corrected chi connectivity index (χ1v) is 8.22. The number of hydrogen-bond donors (Lipinski definition) is 1. The minimum absolute atomic E-state index is 0.0335. The zero-order chi connectivity index (χ0) is 17.8. The van der Waals surface area contributed by atoms with Gasteiger partial charge in [0, 0.05) is 37.1 Å². The average molecular weight is 338 g/mol. The van der Waals surface area contributed by atoms with Crippen molar-refractivity contribution < 1.29 is 9.53 Å². The third kappa shape index (κ3) is 3.74. The van der Waals surface area contributed by atoms with E-state index in [4.69, 9.17) is 4.74 Å². The Morgan fingerprint density at radius 3 is 2.88 bits per heavy atom. The second-order valence-electron chi connectivity index (χ2n) is 5.91. The number of nitrogens with zero attached hydrogens (tertiary/aromatic N) is 3. The summed E-state index contributed by atoms with van der Waals surface area (Å²) in [6, 6.07) is 11.5. The monoisotopic (exact) mass is 338 g/mol. The van der Waals surface area contributed by atoms with E-state index in [1.54, 1.807) is 29.9 Å². The maximum atomic E-state index is 12.5. The van der Waals surface area contributed by atoms with Crippen LogP contribution >= 0.6 is 0 Å². The Hall–Kier alpha value is -3.02.